The molecule has 42 heavy (non-hydrogen) atoms. The molecule has 0 saturated carbocycles. The number of benzene rings is 2. The molecule has 0 aromatic heterocycles. The highest BCUT2D eigenvalue weighted by molar-refractivity contribution is 7.99. The number of nitrogens with one attached hydrogen (secondary N) is 1. The Balaban J connectivity index is 1.59. The number of ether oxygens (including phenoxy) is 1. The minimum absolute atomic E-state index is 0.0497. The molecule has 0 unspecified atom stereocenters. The summed E-state index contributed by atoms with van der Waals surface area (Å²) >= 11 is 0.519. The average Bonchev–Trinajstić information content (AvgIpc) is 2.95. The Morgan fingerprint density at radius 2 is 1.64 bits per heavy atom. The normalized spacial score (nSPS) is 17.1. The Hall–Kier alpha value is -3.23. The zero-order chi connectivity index (χ0) is 30.5. The number of nitrogens with zero attached hydrogens (tertiary/aromatic N) is 2. The molecule has 0 bridgehead atoms. The molecule has 0 radical (unpaired) electrons. The Kier molecular flexibility index (Phi) is 10.1. The summed E-state index contributed by atoms with van der Waals surface area (Å²) in [6.07, 6.45) is -7.57. The van der Waals surface area contributed by atoms with E-state index in [1.54, 1.807) is 17.0 Å². The first-order valence-electron chi connectivity index (χ1n) is 13.2. The van der Waals surface area contributed by atoms with Crippen molar-refractivity contribution in [3.63, 3.8) is 0 Å². The number of hydrogen-bond acceptors (Lipinski definition) is 7. The lowest BCUT2D eigenvalue weighted by molar-refractivity contribution is -0.163. The predicted octanol–water partition coefficient (Wildman–Crippen LogP) is 5.30. The topological polar surface area (TPSA) is 82.1 Å². The largest absolute Gasteiger partial charge is 0.418 e. The van der Waals surface area contributed by atoms with Crippen molar-refractivity contribution >= 4 is 29.1 Å². The number of allylic oxidation sites excluding steroid dienone is 1. The summed E-state index contributed by atoms with van der Waals surface area (Å²) in [6.45, 7) is 1.79. The fraction of sp³-hybridized carbons (Fsp3) is 0.429. The molecule has 2 aromatic carbocycles. The van der Waals surface area contributed by atoms with Gasteiger partial charge in [-0.25, -0.2) is 0 Å². The van der Waals surface area contributed by atoms with E-state index in [2.05, 4.69) is 5.32 Å². The Morgan fingerprint density at radius 1 is 0.976 bits per heavy atom. The number of morpholine rings is 1. The highest BCUT2D eigenvalue weighted by Gasteiger charge is 2.47. The molecule has 2 heterocycles. The number of likely N-dealkylation sites (tertiary alicyclic amines) is 1. The number of piperidine rings is 1. The summed E-state index contributed by atoms with van der Waals surface area (Å²) in [7, 11) is 0. The number of halogens is 6. The number of ketones is 1. The summed E-state index contributed by atoms with van der Waals surface area (Å²) < 4.78 is 90.4. The van der Waals surface area contributed by atoms with Crippen molar-refractivity contribution in [2.45, 2.75) is 41.0 Å². The molecule has 2 aliphatic heterocycles. The monoisotopic (exact) mass is 617 g/mol. The maximum atomic E-state index is 14.2. The summed E-state index contributed by atoms with van der Waals surface area (Å²) in [5.41, 5.74) is -4.46. The van der Waals surface area contributed by atoms with Crippen LogP contribution in [-0.4, -0.2) is 78.6 Å². The van der Waals surface area contributed by atoms with Crippen molar-refractivity contribution in [2.24, 2.45) is 0 Å². The van der Waals surface area contributed by atoms with Crippen molar-refractivity contribution in [1.82, 2.24) is 9.80 Å². The summed E-state index contributed by atoms with van der Waals surface area (Å²) in [6, 6.07) is 7.91. The van der Waals surface area contributed by atoms with Gasteiger partial charge in [0.15, 0.2) is 5.78 Å². The maximum Gasteiger partial charge on any atom is 0.418 e. The molecular weight excluding hydrogens is 588 g/mol. The molecule has 2 saturated heterocycles. The van der Waals surface area contributed by atoms with Crippen molar-refractivity contribution in [3.8, 4) is 0 Å². The Bertz CT molecular complexity index is 1300. The lowest BCUT2D eigenvalue weighted by atomic mass is 9.96. The molecule has 2 N–H and O–H groups in total. The smallest absolute Gasteiger partial charge is 0.387 e. The lowest BCUT2D eigenvalue weighted by Gasteiger charge is -2.32. The van der Waals surface area contributed by atoms with Gasteiger partial charge in [0, 0.05) is 65.5 Å². The van der Waals surface area contributed by atoms with Crippen LogP contribution in [0.5, 0.6) is 0 Å². The van der Waals surface area contributed by atoms with E-state index in [0.29, 0.717) is 69.7 Å². The van der Waals surface area contributed by atoms with Gasteiger partial charge in [0.2, 0.25) is 5.91 Å². The van der Waals surface area contributed by atoms with Gasteiger partial charge in [-0.3, -0.25) is 9.59 Å². The third-order valence-corrected chi connectivity index (χ3v) is 7.95. The standard InChI is InChI=1S/C28H29F6N3O4S/c29-27(30,31)25-21(22(39)8-9-36-12-14-41-15-13-36)4-5-23(26(25)28(32,33)34)42-20-3-1-2-19(16-20)35-18-6-10-37(11-7-18)24(40)17-38/h1-5,8-9,16,18,35,38H,6-7,10-15,17H2. The maximum absolute atomic E-state index is 14.2. The number of alkyl halides is 6. The van der Waals surface area contributed by atoms with Gasteiger partial charge in [-0.1, -0.05) is 17.8 Å². The zero-order valence-corrected chi connectivity index (χ0v) is 23.1. The number of rotatable bonds is 8. The van der Waals surface area contributed by atoms with E-state index in [1.165, 1.54) is 23.2 Å². The molecule has 7 nitrogen and oxygen atoms in total. The van der Waals surface area contributed by atoms with Gasteiger partial charge < -0.3 is 25.0 Å². The average molecular weight is 618 g/mol. The SMILES string of the molecule is O=C(C=CN1CCOCC1)c1ccc(Sc2cccc(NC3CCN(C(=O)CO)CC3)c2)c(C(F)(F)F)c1C(F)(F)F. The fourth-order valence-corrected chi connectivity index (χ4v) is 5.87. The second-order valence-corrected chi connectivity index (χ2v) is 10.9. The van der Waals surface area contributed by atoms with Crippen LogP contribution in [0.3, 0.4) is 0 Å². The third-order valence-electron chi connectivity index (χ3n) is 6.90. The van der Waals surface area contributed by atoms with Crippen LogP contribution in [-0.2, 0) is 21.9 Å². The molecule has 228 valence electrons. The summed E-state index contributed by atoms with van der Waals surface area (Å²) in [5, 5.41) is 12.3. The van der Waals surface area contributed by atoms with Gasteiger partial charge in [-0.15, -0.1) is 0 Å². The van der Waals surface area contributed by atoms with Crippen molar-refractivity contribution in [3.05, 3.63) is 65.4 Å². The highest BCUT2D eigenvalue weighted by Crippen LogP contribution is 2.48. The van der Waals surface area contributed by atoms with Gasteiger partial charge in [0.05, 0.1) is 24.3 Å². The van der Waals surface area contributed by atoms with Gasteiger partial charge in [0.1, 0.15) is 6.61 Å². The van der Waals surface area contributed by atoms with E-state index in [9.17, 15) is 35.9 Å². The lowest BCUT2D eigenvalue weighted by Crippen LogP contribution is -2.43. The molecule has 2 fully saturated rings. The molecule has 0 aliphatic carbocycles. The van der Waals surface area contributed by atoms with Crippen LogP contribution in [0.2, 0.25) is 0 Å². The van der Waals surface area contributed by atoms with Gasteiger partial charge in [-0.2, -0.15) is 26.3 Å². The molecule has 1 amide bonds. The molecule has 2 aliphatic rings. The van der Waals surface area contributed by atoms with E-state index in [0.717, 1.165) is 18.2 Å². The molecular formula is C28H29F6N3O4S. The minimum Gasteiger partial charge on any atom is -0.387 e. The number of aliphatic hydroxyl groups is 1. The van der Waals surface area contributed by atoms with Gasteiger partial charge >= 0.3 is 12.4 Å². The van der Waals surface area contributed by atoms with Crippen LogP contribution in [0.15, 0.2) is 58.5 Å². The second kappa shape index (κ2) is 13.4. The van der Waals surface area contributed by atoms with Crippen LogP contribution >= 0.6 is 11.8 Å². The number of carbonyl (C=O) groups is 2. The molecule has 0 atom stereocenters. The predicted molar refractivity (Wildman–Crippen MR) is 143 cm³/mol. The van der Waals surface area contributed by atoms with E-state index >= 15 is 0 Å². The second-order valence-electron chi connectivity index (χ2n) is 9.77. The first-order chi connectivity index (χ1) is 19.9. The third kappa shape index (κ3) is 7.98. The number of aliphatic hydroxyl groups excluding tert-OH is 1. The molecule has 0 spiro atoms. The Labute approximate surface area is 242 Å². The first-order valence-corrected chi connectivity index (χ1v) is 14.0. The van der Waals surface area contributed by atoms with Crippen LogP contribution in [0.1, 0.15) is 34.3 Å². The Morgan fingerprint density at radius 3 is 2.26 bits per heavy atom. The number of amides is 1. The van der Waals surface area contributed by atoms with Crippen LogP contribution in [0.25, 0.3) is 0 Å². The molecule has 14 heteroatoms. The summed E-state index contributed by atoms with van der Waals surface area (Å²) in [5.74, 6) is -1.56. The van der Waals surface area contributed by atoms with Crippen LogP contribution in [0.4, 0.5) is 32.0 Å². The van der Waals surface area contributed by atoms with E-state index in [1.807, 2.05) is 0 Å². The summed E-state index contributed by atoms with van der Waals surface area (Å²) in [4.78, 5) is 27.2. The van der Waals surface area contributed by atoms with E-state index < -0.39 is 46.3 Å². The zero-order valence-electron chi connectivity index (χ0n) is 22.3. The van der Waals surface area contributed by atoms with Crippen LogP contribution < -0.4 is 5.32 Å². The van der Waals surface area contributed by atoms with Gasteiger partial charge in [-0.05, 0) is 43.2 Å². The first kappa shape index (κ1) is 31.7. The molecule has 4 rings (SSSR count). The minimum atomic E-state index is -5.45. The quantitative estimate of drug-likeness (QED) is 0.237. The van der Waals surface area contributed by atoms with Crippen molar-refractivity contribution in [1.29, 1.82) is 0 Å². The van der Waals surface area contributed by atoms with E-state index in [-0.39, 0.29) is 16.8 Å². The number of carbonyl (C=O) groups excluding carboxylic acids is 2. The number of anilines is 1. The molecule has 2 aromatic rings. The van der Waals surface area contributed by atoms with Crippen LogP contribution in [0, 0.1) is 0 Å². The van der Waals surface area contributed by atoms with Gasteiger partial charge in [0.25, 0.3) is 0 Å². The van der Waals surface area contributed by atoms with Crippen molar-refractivity contribution in [2.75, 3.05) is 51.3 Å². The van der Waals surface area contributed by atoms with Crippen molar-refractivity contribution < 1.29 is 45.8 Å². The number of hydrogen-bond donors (Lipinski definition) is 2. The highest BCUT2D eigenvalue weighted by atomic mass is 32.2. The van der Waals surface area contributed by atoms with E-state index in [4.69, 9.17) is 9.84 Å². The fourth-order valence-electron chi connectivity index (χ4n) is 4.82.